The number of piperazine rings is 1. The first-order chi connectivity index (χ1) is 12.6. The molecule has 0 radical (unpaired) electrons. The molecule has 0 bridgehead atoms. The molecule has 3 saturated heterocycles. The predicted molar refractivity (Wildman–Crippen MR) is 95.1 cm³/mol. The molecule has 1 aromatic rings. The summed E-state index contributed by atoms with van der Waals surface area (Å²) in [5.41, 5.74) is 0.927. The molecule has 1 N–H and O–H groups in total. The van der Waals surface area contributed by atoms with Gasteiger partial charge in [0.05, 0.1) is 13.1 Å². The van der Waals surface area contributed by atoms with E-state index >= 15 is 0 Å². The first-order valence-electron chi connectivity index (χ1n) is 9.30. The fourth-order valence-electron chi connectivity index (χ4n) is 4.09. The Labute approximate surface area is 152 Å². The average molecular weight is 356 g/mol. The normalized spacial score (nSPS) is 24.2. The highest BCUT2D eigenvalue weighted by Gasteiger charge is 2.48. The first kappa shape index (κ1) is 17.0. The maximum absolute atomic E-state index is 12.8. The van der Waals surface area contributed by atoms with Crippen LogP contribution in [0, 0.1) is 5.92 Å². The molecule has 1 unspecified atom stereocenters. The molecule has 3 heterocycles. The van der Waals surface area contributed by atoms with Crippen LogP contribution >= 0.6 is 0 Å². The molecule has 1 atom stereocenters. The number of nitrogens with one attached hydrogen (secondary N) is 1. The average Bonchev–Trinajstić information content (AvgIpc) is 2.93. The standard InChI is InChI=1S/C19H24N4O3/c24-17(15-6-8-20-9-7-15)21-10-11-22-16(13-21)18(25)23(19(22)26)12-14-4-2-1-3-5-14/h1-5,15-16,20H,6-13H2. The molecule has 3 aliphatic heterocycles. The summed E-state index contributed by atoms with van der Waals surface area (Å²) in [6, 6.07) is 8.74. The van der Waals surface area contributed by atoms with Gasteiger partial charge in [-0.05, 0) is 31.5 Å². The minimum Gasteiger partial charge on any atom is -0.338 e. The van der Waals surface area contributed by atoms with Gasteiger partial charge in [0.15, 0.2) is 0 Å². The van der Waals surface area contributed by atoms with E-state index in [2.05, 4.69) is 5.32 Å². The minimum atomic E-state index is -0.536. The number of carbonyl (C=O) groups excluding carboxylic acids is 3. The molecule has 1 aromatic carbocycles. The second-order valence-corrected chi connectivity index (χ2v) is 7.21. The molecule has 7 nitrogen and oxygen atoms in total. The highest BCUT2D eigenvalue weighted by molar-refractivity contribution is 6.04. The number of rotatable bonds is 3. The summed E-state index contributed by atoms with van der Waals surface area (Å²) < 4.78 is 0. The third kappa shape index (κ3) is 3.07. The zero-order valence-electron chi connectivity index (χ0n) is 14.8. The Kier molecular flexibility index (Phi) is 4.63. The van der Waals surface area contributed by atoms with E-state index in [1.165, 1.54) is 4.90 Å². The van der Waals surface area contributed by atoms with Crippen LogP contribution in [-0.4, -0.2) is 71.3 Å². The van der Waals surface area contributed by atoms with Crippen molar-refractivity contribution in [1.82, 2.24) is 20.0 Å². The Balaban J connectivity index is 1.44. The second-order valence-electron chi connectivity index (χ2n) is 7.21. The Bertz CT molecular complexity index is 702. The van der Waals surface area contributed by atoms with Gasteiger partial charge in [0.25, 0.3) is 5.91 Å². The van der Waals surface area contributed by atoms with Gasteiger partial charge in [0, 0.05) is 19.0 Å². The van der Waals surface area contributed by atoms with E-state index in [0.717, 1.165) is 31.5 Å². The first-order valence-corrected chi connectivity index (χ1v) is 9.30. The molecule has 7 heteroatoms. The molecule has 4 rings (SSSR count). The summed E-state index contributed by atoms with van der Waals surface area (Å²) >= 11 is 0. The number of carbonyl (C=O) groups is 3. The summed E-state index contributed by atoms with van der Waals surface area (Å²) in [4.78, 5) is 43.0. The summed E-state index contributed by atoms with van der Waals surface area (Å²) in [6.07, 6.45) is 1.69. The number of benzene rings is 1. The van der Waals surface area contributed by atoms with Crippen molar-refractivity contribution < 1.29 is 14.4 Å². The number of hydrogen-bond donors (Lipinski definition) is 1. The minimum absolute atomic E-state index is 0.0374. The summed E-state index contributed by atoms with van der Waals surface area (Å²) in [5.74, 6) is -0.0231. The fraction of sp³-hybridized carbons (Fsp3) is 0.526. The van der Waals surface area contributed by atoms with Crippen LogP contribution < -0.4 is 5.32 Å². The van der Waals surface area contributed by atoms with Gasteiger partial charge in [-0.15, -0.1) is 0 Å². The van der Waals surface area contributed by atoms with E-state index in [0.29, 0.717) is 19.6 Å². The van der Waals surface area contributed by atoms with Gasteiger partial charge in [-0.25, -0.2) is 4.79 Å². The lowest BCUT2D eigenvalue weighted by Crippen LogP contribution is -2.56. The number of fused-ring (bicyclic) bond motifs is 1. The van der Waals surface area contributed by atoms with Crippen molar-refractivity contribution in [2.45, 2.75) is 25.4 Å². The maximum Gasteiger partial charge on any atom is 0.327 e. The van der Waals surface area contributed by atoms with Gasteiger partial charge in [0.2, 0.25) is 5.91 Å². The molecule has 3 aliphatic rings. The van der Waals surface area contributed by atoms with E-state index in [4.69, 9.17) is 0 Å². The van der Waals surface area contributed by atoms with Crippen LogP contribution in [0.3, 0.4) is 0 Å². The smallest absolute Gasteiger partial charge is 0.327 e. The van der Waals surface area contributed by atoms with Crippen LogP contribution in [0.4, 0.5) is 4.79 Å². The van der Waals surface area contributed by atoms with Crippen molar-refractivity contribution in [2.75, 3.05) is 32.7 Å². The molecule has 0 aromatic heterocycles. The SMILES string of the molecule is O=C(C1CCNCC1)N1CCN2C(=O)N(Cc3ccccc3)C(=O)C2C1. The van der Waals surface area contributed by atoms with Crippen molar-refractivity contribution in [2.24, 2.45) is 5.92 Å². The van der Waals surface area contributed by atoms with Gasteiger partial charge in [0.1, 0.15) is 6.04 Å². The molecular formula is C19H24N4O3. The zero-order chi connectivity index (χ0) is 18.1. The Morgan fingerprint density at radius 1 is 1.08 bits per heavy atom. The zero-order valence-corrected chi connectivity index (χ0v) is 14.8. The topological polar surface area (TPSA) is 73.0 Å². The molecule has 4 amide bonds. The van der Waals surface area contributed by atoms with Gasteiger partial charge >= 0.3 is 6.03 Å². The molecule has 138 valence electrons. The number of piperidine rings is 1. The lowest BCUT2D eigenvalue weighted by molar-refractivity contribution is -0.140. The predicted octanol–water partition coefficient (Wildman–Crippen LogP) is 0.661. The van der Waals surface area contributed by atoms with E-state index in [9.17, 15) is 14.4 Å². The Morgan fingerprint density at radius 3 is 2.54 bits per heavy atom. The van der Waals surface area contributed by atoms with Gasteiger partial charge < -0.3 is 15.1 Å². The number of imide groups is 1. The maximum atomic E-state index is 12.8. The van der Waals surface area contributed by atoms with Gasteiger partial charge in [-0.2, -0.15) is 0 Å². The summed E-state index contributed by atoms with van der Waals surface area (Å²) in [6.45, 7) is 3.27. The molecule has 0 aliphatic carbocycles. The Morgan fingerprint density at radius 2 is 1.81 bits per heavy atom. The van der Waals surface area contributed by atoms with Crippen molar-refractivity contribution >= 4 is 17.8 Å². The number of urea groups is 1. The van der Waals surface area contributed by atoms with E-state index < -0.39 is 6.04 Å². The highest BCUT2D eigenvalue weighted by Crippen LogP contribution is 2.25. The van der Waals surface area contributed by atoms with Crippen LogP contribution in [-0.2, 0) is 16.1 Å². The Hall–Kier alpha value is -2.41. The third-order valence-electron chi connectivity index (χ3n) is 5.59. The largest absolute Gasteiger partial charge is 0.338 e. The lowest BCUT2D eigenvalue weighted by Gasteiger charge is -2.37. The summed E-state index contributed by atoms with van der Waals surface area (Å²) in [7, 11) is 0. The monoisotopic (exact) mass is 356 g/mol. The second kappa shape index (κ2) is 7.07. The van der Waals surface area contributed by atoms with E-state index in [-0.39, 0.29) is 30.3 Å². The highest BCUT2D eigenvalue weighted by atomic mass is 16.2. The summed E-state index contributed by atoms with van der Waals surface area (Å²) in [5, 5.41) is 3.27. The quantitative estimate of drug-likeness (QED) is 0.808. The van der Waals surface area contributed by atoms with E-state index in [1.807, 2.05) is 30.3 Å². The van der Waals surface area contributed by atoms with Crippen molar-refractivity contribution in [3.8, 4) is 0 Å². The van der Waals surface area contributed by atoms with Crippen LogP contribution in [0.25, 0.3) is 0 Å². The van der Waals surface area contributed by atoms with Crippen LogP contribution in [0.5, 0.6) is 0 Å². The number of nitrogens with zero attached hydrogens (tertiary/aromatic N) is 3. The van der Waals surface area contributed by atoms with Crippen LogP contribution in [0.2, 0.25) is 0 Å². The lowest BCUT2D eigenvalue weighted by atomic mass is 9.96. The van der Waals surface area contributed by atoms with Gasteiger partial charge in [-0.1, -0.05) is 30.3 Å². The van der Waals surface area contributed by atoms with Gasteiger partial charge in [-0.3, -0.25) is 14.5 Å². The van der Waals surface area contributed by atoms with Crippen molar-refractivity contribution in [1.29, 1.82) is 0 Å². The molecule has 0 spiro atoms. The molecule has 0 saturated carbocycles. The molecule has 26 heavy (non-hydrogen) atoms. The molecular weight excluding hydrogens is 332 g/mol. The third-order valence-corrected chi connectivity index (χ3v) is 5.59. The molecule has 3 fully saturated rings. The van der Waals surface area contributed by atoms with Crippen LogP contribution in [0.1, 0.15) is 18.4 Å². The van der Waals surface area contributed by atoms with E-state index in [1.54, 1.807) is 9.80 Å². The van der Waals surface area contributed by atoms with Crippen molar-refractivity contribution in [3.63, 3.8) is 0 Å². The van der Waals surface area contributed by atoms with Crippen molar-refractivity contribution in [3.05, 3.63) is 35.9 Å². The number of amides is 4. The number of hydrogen-bond acceptors (Lipinski definition) is 4. The van der Waals surface area contributed by atoms with Crippen LogP contribution in [0.15, 0.2) is 30.3 Å². The fourth-order valence-corrected chi connectivity index (χ4v) is 4.09.